The second-order valence-corrected chi connectivity index (χ2v) is 6.90. The third-order valence-electron chi connectivity index (χ3n) is 4.71. The van der Waals surface area contributed by atoms with Crippen LogP contribution in [0, 0.1) is 6.92 Å². The second kappa shape index (κ2) is 6.31. The van der Waals surface area contributed by atoms with Crippen LogP contribution in [0.1, 0.15) is 37.4 Å². The van der Waals surface area contributed by atoms with Gasteiger partial charge in [-0.3, -0.25) is 0 Å². The van der Waals surface area contributed by atoms with Crippen molar-refractivity contribution in [3.05, 3.63) is 53.7 Å². The van der Waals surface area contributed by atoms with Gasteiger partial charge in [0.05, 0.1) is 11.4 Å². The highest BCUT2D eigenvalue weighted by Gasteiger charge is 2.33. The fourth-order valence-corrected chi connectivity index (χ4v) is 3.41. The summed E-state index contributed by atoms with van der Waals surface area (Å²) < 4.78 is 0. The third-order valence-corrected chi connectivity index (χ3v) is 4.71. The first-order chi connectivity index (χ1) is 12.1. The molecule has 3 heterocycles. The van der Waals surface area contributed by atoms with E-state index in [1.807, 2.05) is 6.07 Å². The summed E-state index contributed by atoms with van der Waals surface area (Å²) in [6, 6.07) is 13.3. The van der Waals surface area contributed by atoms with Gasteiger partial charge in [-0.15, -0.1) is 0 Å². The molecule has 0 spiro atoms. The minimum Gasteiger partial charge on any atom is -0.352 e. The summed E-state index contributed by atoms with van der Waals surface area (Å²) in [5, 5.41) is 4.33. The largest absolute Gasteiger partial charge is 0.352 e. The van der Waals surface area contributed by atoms with E-state index in [9.17, 15) is 0 Å². The van der Waals surface area contributed by atoms with E-state index in [2.05, 4.69) is 71.3 Å². The van der Waals surface area contributed by atoms with E-state index >= 15 is 0 Å². The van der Waals surface area contributed by atoms with Gasteiger partial charge in [-0.1, -0.05) is 24.3 Å². The fourth-order valence-electron chi connectivity index (χ4n) is 3.41. The first kappa shape index (κ1) is 15.8. The molecule has 0 amide bonds. The number of hydrogen-bond donors (Lipinski definition) is 1. The predicted octanol–water partition coefficient (Wildman–Crippen LogP) is 4.10. The molecule has 1 unspecified atom stereocenters. The Morgan fingerprint density at radius 3 is 2.68 bits per heavy atom. The molecule has 0 bridgehead atoms. The molecule has 5 nitrogen and oxygen atoms in total. The van der Waals surface area contributed by atoms with E-state index in [-0.39, 0.29) is 6.04 Å². The third kappa shape index (κ3) is 2.90. The van der Waals surface area contributed by atoms with Crippen molar-refractivity contribution >= 4 is 22.8 Å². The predicted molar refractivity (Wildman–Crippen MR) is 102 cm³/mol. The molecule has 4 rings (SSSR count). The van der Waals surface area contributed by atoms with E-state index in [4.69, 9.17) is 4.98 Å². The quantitative estimate of drug-likeness (QED) is 0.779. The Morgan fingerprint density at radius 2 is 1.96 bits per heavy atom. The summed E-state index contributed by atoms with van der Waals surface area (Å²) in [6.07, 6.45) is 2.93. The molecule has 5 heteroatoms. The molecule has 25 heavy (non-hydrogen) atoms. The molecule has 1 aliphatic rings. The van der Waals surface area contributed by atoms with Crippen molar-refractivity contribution < 1.29 is 0 Å². The first-order valence-corrected chi connectivity index (χ1v) is 8.85. The van der Waals surface area contributed by atoms with Crippen molar-refractivity contribution in [2.75, 3.05) is 16.8 Å². The maximum atomic E-state index is 4.83. The number of pyridine rings is 1. The highest BCUT2D eigenvalue weighted by molar-refractivity contribution is 5.88. The van der Waals surface area contributed by atoms with Crippen LogP contribution in [0.25, 0.3) is 11.0 Å². The molecule has 1 atom stereocenters. The van der Waals surface area contributed by atoms with Crippen LogP contribution in [-0.4, -0.2) is 27.5 Å². The average molecular weight is 333 g/mol. The highest BCUT2D eigenvalue weighted by atomic mass is 15.3. The maximum Gasteiger partial charge on any atom is 0.226 e. The number of aromatic nitrogens is 3. The monoisotopic (exact) mass is 333 g/mol. The van der Waals surface area contributed by atoms with Crippen LogP contribution >= 0.6 is 0 Å². The van der Waals surface area contributed by atoms with E-state index in [1.54, 1.807) is 6.20 Å². The van der Waals surface area contributed by atoms with Gasteiger partial charge in [0.2, 0.25) is 5.95 Å². The lowest BCUT2D eigenvalue weighted by Gasteiger charge is -2.43. The van der Waals surface area contributed by atoms with Gasteiger partial charge in [-0.2, -0.15) is 9.97 Å². The molecule has 0 radical (unpaired) electrons. The van der Waals surface area contributed by atoms with Crippen molar-refractivity contribution in [2.24, 2.45) is 0 Å². The van der Waals surface area contributed by atoms with Gasteiger partial charge < -0.3 is 10.2 Å². The van der Waals surface area contributed by atoms with Crippen LogP contribution in [-0.2, 0) is 0 Å². The van der Waals surface area contributed by atoms with Gasteiger partial charge in [0.25, 0.3) is 0 Å². The molecule has 0 saturated carbocycles. The molecule has 1 saturated heterocycles. The first-order valence-electron chi connectivity index (χ1n) is 8.85. The van der Waals surface area contributed by atoms with E-state index in [1.165, 1.54) is 11.1 Å². The standard InChI is InChI=1S/C20H23N5/c1-13(2)22-20-23-18-16(9-6-11-21-18)19(24-20)25-12-10-17(25)15-8-5-4-7-14(15)3/h4-9,11,13,17H,10,12H2,1-3H3,(H,21,22,23,24). The lowest BCUT2D eigenvalue weighted by Crippen LogP contribution is -2.42. The van der Waals surface area contributed by atoms with Crippen LogP contribution in [0.4, 0.5) is 11.8 Å². The van der Waals surface area contributed by atoms with Crippen LogP contribution in [0.2, 0.25) is 0 Å². The SMILES string of the molecule is Cc1ccccc1C1CCN1c1nc(NC(C)C)nc2ncccc12. The Bertz CT molecular complexity index is 905. The van der Waals surface area contributed by atoms with Gasteiger partial charge >= 0.3 is 0 Å². The van der Waals surface area contributed by atoms with Crippen LogP contribution in [0.5, 0.6) is 0 Å². The highest BCUT2D eigenvalue weighted by Crippen LogP contribution is 2.40. The molecule has 1 N–H and O–H groups in total. The minimum atomic E-state index is 0.276. The number of benzene rings is 1. The van der Waals surface area contributed by atoms with Gasteiger partial charge in [-0.05, 0) is 50.5 Å². The normalized spacial score (nSPS) is 17.0. The molecule has 3 aromatic rings. The summed E-state index contributed by atoms with van der Waals surface area (Å²) >= 11 is 0. The van der Waals surface area contributed by atoms with Crippen molar-refractivity contribution in [1.82, 2.24) is 15.0 Å². The van der Waals surface area contributed by atoms with E-state index in [0.29, 0.717) is 12.0 Å². The number of rotatable bonds is 4. The number of nitrogens with zero attached hydrogens (tertiary/aromatic N) is 4. The summed E-state index contributed by atoms with van der Waals surface area (Å²) in [5.41, 5.74) is 3.45. The van der Waals surface area contributed by atoms with Crippen molar-refractivity contribution in [3.8, 4) is 0 Å². The van der Waals surface area contributed by atoms with Crippen LogP contribution < -0.4 is 10.2 Å². The minimum absolute atomic E-state index is 0.276. The average Bonchev–Trinajstić information content (AvgIpc) is 2.55. The zero-order chi connectivity index (χ0) is 17.4. The molecule has 128 valence electrons. The Labute approximate surface area is 148 Å². The molecular weight excluding hydrogens is 310 g/mol. The van der Waals surface area contributed by atoms with Crippen molar-refractivity contribution in [3.63, 3.8) is 0 Å². The summed E-state index contributed by atoms with van der Waals surface area (Å²) in [6.45, 7) is 7.36. The Kier molecular flexibility index (Phi) is 3.99. The number of nitrogens with one attached hydrogen (secondary N) is 1. The maximum absolute atomic E-state index is 4.83. The number of hydrogen-bond acceptors (Lipinski definition) is 5. The number of anilines is 2. The summed E-state index contributed by atoms with van der Waals surface area (Å²) in [7, 11) is 0. The van der Waals surface area contributed by atoms with Crippen LogP contribution in [0.15, 0.2) is 42.6 Å². The van der Waals surface area contributed by atoms with Gasteiger partial charge in [0, 0.05) is 18.8 Å². The lowest BCUT2D eigenvalue weighted by molar-refractivity contribution is 0.460. The lowest BCUT2D eigenvalue weighted by atomic mass is 9.91. The molecule has 0 aliphatic carbocycles. The van der Waals surface area contributed by atoms with Crippen molar-refractivity contribution in [1.29, 1.82) is 0 Å². The zero-order valence-electron chi connectivity index (χ0n) is 14.9. The molecule has 1 aliphatic heterocycles. The van der Waals surface area contributed by atoms with Crippen molar-refractivity contribution in [2.45, 2.75) is 39.3 Å². The molecule has 1 fully saturated rings. The van der Waals surface area contributed by atoms with Gasteiger partial charge in [-0.25, -0.2) is 4.98 Å². The number of fused-ring (bicyclic) bond motifs is 1. The number of aryl methyl sites for hydroxylation is 1. The molecular formula is C20H23N5. The smallest absolute Gasteiger partial charge is 0.226 e. The Balaban J connectivity index is 1.79. The summed E-state index contributed by atoms with van der Waals surface area (Å²) in [4.78, 5) is 16.2. The summed E-state index contributed by atoms with van der Waals surface area (Å²) in [5.74, 6) is 1.62. The Hall–Kier alpha value is -2.69. The molecule has 2 aromatic heterocycles. The van der Waals surface area contributed by atoms with Gasteiger partial charge in [0.15, 0.2) is 5.65 Å². The second-order valence-electron chi connectivity index (χ2n) is 6.90. The van der Waals surface area contributed by atoms with E-state index in [0.717, 1.165) is 29.8 Å². The molecule has 1 aromatic carbocycles. The van der Waals surface area contributed by atoms with E-state index < -0.39 is 0 Å². The topological polar surface area (TPSA) is 53.9 Å². The zero-order valence-corrected chi connectivity index (χ0v) is 14.9. The fraction of sp³-hybridized carbons (Fsp3) is 0.350. The van der Waals surface area contributed by atoms with Gasteiger partial charge in [0.1, 0.15) is 5.82 Å². The van der Waals surface area contributed by atoms with Crippen LogP contribution in [0.3, 0.4) is 0 Å². The Morgan fingerprint density at radius 1 is 1.12 bits per heavy atom.